The Morgan fingerprint density at radius 2 is 2.05 bits per heavy atom. The van der Waals surface area contributed by atoms with E-state index in [-0.39, 0.29) is 30.1 Å². The molecule has 2 fully saturated rings. The van der Waals surface area contributed by atoms with Gasteiger partial charge in [-0.1, -0.05) is 26.7 Å². The minimum atomic E-state index is -0.0987. The lowest BCUT2D eigenvalue weighted by Crippen LogP contribution is -2.65. The lowest BCUT2D eigenvalue weighted by molar-refractivity contribution is -0.126. The quantitative estimate of drug-likeness (QED) is 0.676. The second-order valence-electron chi connectivity index (χ2n) is 7.15. The van der Waals surface area contributed by atoms with Crippen molar-refractivity contribution in [1.82, 2.24) is 10.6 Å². The molecule has 2 rings (SSSR count). The van der Waals surface area contributed by atoms with Crippen molar-refractivity contribution in [2.24, 2.45) is 11.3 Å². The number of rotatable bonds is 7. The fourth-order valence-corrected chi connectivity index (χ4v) is 4.17. The fraction of sp³-hybridized carbons (Fsp3) is 0.941. The first-order chi connectivity index (χ1) is 10.5. The second-order valence-corrected chi connectivity index (χ2v) is 7.15. The van der Waals surface area contributed by atoms with E-state index in [9.17, 15) is 4.79 Å². The van der Waals surface area contributed by atoms with Crippen LogP contribution in [-0.4, -0.2) is 42.5 Å². The standard InChI is InChI=1S/C17H32N2O3/c1-4-22-15-11-14(17(15)8-5-6-9-17)19-16(21)18-13(7-10-20)12(2)3/h12-15,20H,4-11H2,1-3H3,(H2,18,19,21). The first-order valence-corrected chi connectivity index (χ1v) is 8.83. The van der Waals surface area contributed by atoms with Gasteiger partial charge in [-0.05, 0) is 38.5 Å². The lowest BCUT2D eigenvalue weighted by Gasteiger charge is -2.54. The number of amides is 2. The van der Waals surface area contributed by atoms with E-state index in [0.717, 1.165) is 25.9 Å². The van der Waals surface area contributed by atoms with E-state index >= 15 is 0 Å². The van der Waals surface area contributed by atoms with Crippen molar-refractivity contribution in [2.75, 3.05) is 13.2 Å². The summed E-state index contributed by atoms with van der Waals surface area (Å²) in [7, 11) is 0. The maximum Gasteiger partial charge on any atom is 0.315 e. The molecular formula is C17H32N2O3. The van der Waals surface area contributed by atoms with Crippen molar-refractivity contribution < 1.29 is 14.6 Å². The van der Waals surface area contributed by atoms with Crippen molar-refractivity contribution in [2.45, 2.75) is 77.5 Å². The van der Waals surface area contributed by atoms with Crippen molar-refractivity contribution in [1.29, 1.82) is 0 Å². The molecule has 2 saturated carbocycles. The van der Waals surface area contributed by atoms with Gasteiger partial charge in [0, 0.05) is 30.7 Å². The van der Waals surface area contributed by atoms with E-state index < -0.39 is 0 Å². The Morgan fingerprint density at radius 1 is 1.36 bits per heavy atom. The zero-order valence-corrected chi connectivity index (χ0v) is 14.2. The molecule has 2 aliphatic carbocycles. The van der Waals surface area contributed by atoms with Crippen molar-refractivity contribution in [3.63, 3.8) is 0 Å². The molecule has 0 aromatic carbocycles. The molecule has 2 amide bonds. The molecule has 1 spiro atoms. The largest absolute Gasteiger partial charge is 0.396 e. The normalized spacial score (nSPS) is 27.7. The van der Waals surface area contributed by atoms with Gasteiger partial charge in [0.25, 0.3) is 0 Å². The van der Waals surface area contributed by atoms with Gasteiger partial charge >= 0.3 is 6.03 Å². The molecule has 5 nitrogen and oxygen atoms in total. The average molecular weight is 312 g/mol. The van der Waals surface area contributed by atoms with Crippen LogP contribution in [0.3, 0.4) is 0 Å². The topological polar surface area (TPSA) is 70.6 Å². The Hall–Kier alpha value is -0.810. The second kappa shape index (κ2) is 7.64. The van der Waals surface area contributed by atoms with Crippen LogP contribution in [0.5, 0.6) is 0 Å². The Kier molecular flexibility index (Phi) is 6.09. The maximum atomic E-state index is 12.3. The summed E-state index contributed by atoms with van der Waals surface area (Å²) < 4.78 is 5.88. The summed E-state index contributed by atoms with van der Waals surface area (Å²) in [4.78, 5) is 12.3. The molecule has 0 bridgehead atoms. The monoisotopic (exact) mass is 312 g/mol. The summed E-state index contributed by atoms with van der Waals surface area (Å²) in [6, 6.07) is 0.152. The molecule has 0 aromatic heterocycles. The van der Waals surface area contributed by atoms with Crippen molar-refractivity contribution in [3.8, 4) is 0 Å². The molecule has 0 aliphatic heterocycles. The number of nitrogens with one attached hydrogen (secondary N) is 2. The third-order valence-corrected chi connectivity index (χ3v) is 5.55. The molecule has 3 unspecified atom stereocenters. The Labute approximate surface area is 134 Å². The highest BCUT2D eigenvalue weighted by molar-refractivity contribution is 5.75. The molecule has 128 valence electrons. The van der Waals surface area contributed by atoms with Crippen LogP contribution in [0.15, 0.2) is 0 Å². The van der Waals surface area contributed by atoms with Gasteiger partial charge in [0.15, 0.2) is 0 Å². The first-order valence-electron chi connectivity index (χ1n) is 8.83. The third kappa shape index (κ3) is 3.57. The molecular weight excluding hydrogens is 280 g/mol. The fourth-order valence-electron chi connectivity index (χ4n) is 4.17. The first kappa shape index (κ1) is 17.5. The maximum absolute atomic E-state index is 12.3. The van der Waals surface area contributed by atoms with Crippen LogP contribution in [0.4, 0.5) is 4.79 Å². The van der Waals surface area contributed by atoms with E-state index in [1.54, 1.807) is 0 Å². The summed E-state index contributed by atoms with van der Waals surface area (Å²) in [6.45, 7) is 7.01. The molecule has 0 heterocycles. The molecule has 22 heavy (non-hydrogen) atoms. The number of aliphatic hydroxyl groups is 1. The molecule has 3 N–H and O–H groups in total. The zero-order valence-electron chi connectivity index (χ0n) is 14.2. The number of ether oxygens (including phenoxy) is 1. The highest BCUT2D eigenvalue weighted by atomic mass is 16.5. The molecule has 0 aromatic rings. The van der Waals surface area contributed by atoms with E-state index in [2.05, 4.69) is 24.5 Å². The number of hydrogen-bond acceptors (Lipinski definition) is 3. The van der Waals surface area contributed by atoms with E-state index in [1.165, 1.54) is 12.8 Å². The van der Waals surface area contributed by atoms with Gasteiger partial charge in [0.1, 0.15) is 0 Å². The molecule has 5 heteroatoms. The van der Waals surface area contributed by atoms with Gasteiger partial charge in [0.2, 0.25) is 0 Å². The Bertz CT molecular complexity index is 367. The van der Waals surface area contributed by atoms with E-state index in [1.807, 2.05) is 6.92 Å². The number of carbonyl (C=O) groups is 1. The number of aliphatic hydroxyl groups excluding tert-OH is 1. The number of carbonyl (C=O) groups excluding carboxylic acids is 1. The van der Waals surface area contributed by atoms with Crippen LogP contribution in [0, 0.1) is 11.3 Å². The SMILES string of the molecule is CCOC1CC(NC(=O)NC(CCO)C(C)C)C12CCCC2. The van der Waals surface area contributed by atoms with Gasteiger partial charge in [-0.25, -0.2) is 4.79 Å². The Morgan fingerprint density at radius 3 is 2.59 bits per heavy atom. The molecule has 0 saturated heterocycles. The molecule has 0 radical (unpaired) electrons. The highest BCUT2D eigenvalue weighted by Gasteiger charge is 2.57. The predicted molar refractivity (Wildman–Crippen MR) is 86.7 cm³/mol. The minimum Gasteiger partial charge on any atom is -0.396 e. The highest BCUT2D eigenvalue weighted by Crippen LogP contribution is 2.54. The Balaban J connectivity index is 1.88. The van der Waals surface area contributed by atoms with Crippen LogP contribution in [0.25, 0.3) is 0 Å². The summed E-state index contributed by atoms with van der Waals surface area (Å²) in [5, 5.41) is 15.3. The molecule has 3 atom stereocenters. The van der Waals surface area contributed by atoms with Gasteiger partial charge in [-0.15, -0.1) is 0 Å². The summed E-state index contributed by atoms with van der Waals surface area (Å²) >= 11 is 0. The van der Waals surface area contributed by atoms with Gasteiger partial charge < -0.3 is 20.5 Å². The van der Waals surface area contributed by atoms with Crippen molar-refractivity contribution >= 4 is 6.03 Å². The third-order valence-electron chi connectivity index (χ3n) is 5.55. The summed E-state index contributed by atoms with van der Waals surface area (Å²) in [6.07, 6.45) is 6.63. The van der Waals surface area contributed by atoms with Crippen LogP contribution in [0.1, 0.15) is 59.3 Å². The van der Waals surface area contributed by atoms with Gasteiger partial charge in [-0.3, -0.25) is 0 Å². The van der Waals surface area contributed by atoms with Crippen molar-refractivity contribution in [3.05, 3.63) is 0 Å². The number of urea groups is 1. The van der Waals surface area contributed by atoms with Crippen LogP contribution >= 0.6 is 0 Å². The average Bonchev–Trinajstić information content (AvgIpc) is 2.98. The van der Waals surface area contributed by atoms with E-state index in [0.29, 0.717) is 18.4 Å². The van der Waals surface area contributed by atoms with Crippen LogP contribution < -0.4 is 10.6 Å². The minimum absolute atomic E-state index is 0.0206. The van der Waals surface area contributed by atoms with Crippen LogP contribution in [0.2, 0.25) is 0 Å². The smallest absolute Gasteiger partial charge is 0.315 e. The van der Waals surface area contributed by atoms with E-state index in [4.69, 9.17) is 9.84 Å². The van der Waals surface area contributed by atoms with Crippen LogP contribution in [-0.2, 0) is 4.74 Å². The zero-order chi connectivity index (χ0) is 16.2. The summed E-state index contributed by atoms with van der Waals surface area (Å²) in [5.74, 6) is 0.316. The van der Waals surface area contributed by atoms with Gasteiger partial charge in [-0.2, -0.15) is 0 Å². The predicted octanol–water partition coefficient (Wildman–Crippen LogP) is 2.43. The summed E-state index contributed by atoms with van der Waals surface area (Å²) in [5.41, 5.74) is 0.164. The number of hydrogen-bond donors (Lipinski definition) is 3. The van der Waals surface area contributed by atoms with Gasteiger partial charge in [0.05, 0.1) is 6.10 Å². The molecule has 2 aliphatic rings. The lowest BCUT2D eigenvalue weighted by atomic mass is 9.60.